The number of aryl methyl sites for hydroxylation is 1. The first-order chi connectivity index (χ1) is 17.5. The van der Waals surface area contributed by atoms with E-state index in [2.05, 4.69) is 6.92 Å². The first kappa shape index (κ1) is 26.5. The first-order valence-corrected chi connectivity index (χ1v) is 13.5. The normalized spacial score (nSPS) is 17.9. The lowest BCUT2D eigenvalue weighted by Crippen LogP contribution is -2.20. The minimum absolute atomic E-state index is 0.0590. The predicted molar refractivity (Wildman–Crippen MR) is 141 cm³/mol. The summed E-state index contributed by atoms with van der Waals surface area (Å²) in [6.07, 6.45) is 10.1. The SMILES string of the molecule is CCCCCCCC1CCC(c2ccc(-c3ccc(-c4ccc(CC)c(F)c4F)cc3)c(F)c2)OC1. The van der Waals surface area contributed by atoms with E-state index >= 15 is 4.39 Å². The maximum atomic E-state index is 15.1. The Labute approximate surface area is 213 Å². The summed E-state index contributed by atoms with van der Waals surface area (Å²) in [5.74, 6) is -1.33. The Bertz CT molecular complexity index is 1130. The molecule has 0 aliphatic carbocycles. The molecule has 0 radical (unpaired) electrons. The summed E-state index contributed by atoms with van der Waals surface area (Å²) >= 11 is 0. The van der Waals surface area contributed by atoms with Crippen LogP contribution < -0.4 is 0 Å². The standard InChI is InChI=1S/C32H37F3O/c1-3-5-6-7-8-9-22-10-19-30(36-21-22)26-16-17-27(29(33)20-26)24-11-13-25(14-12-24)28-18-15-23(4-2)31(34)32(28)35/h11-18,20,22,30H,3-10,19,21H2,1-2H3. The van der Waals surface area contributed by atoms with E-state index in [1.807, 2.05) is 6.07 Å². The summed E-state index contributed by atoms with van der Waals surface area (Å²) in [5, 5.41) is 0. The minimum Gasteiger partial charge on any atom is -0.373 e. The zero-order chi connectivity index (χ0) is 25.5. The van der Waals surface area contributed by atoms with Gasteiger partial charge < -0.3 is 4.74 Å². The zero-order valence-corrected chi connectivity index (χ0v) is 21.5. The van der Waals surface area contributed by atoms with Gasteiger partial charge in [-0.3, -0.25) is 0 Å². The lowest BCUT2D eigenvalue weighted by atomic mass is 9.90. The Morgan fingerprint density at radius 2 is 1.44 bits per heavy atom. The zero-order valence-electron chi connectivity index (χ0n) is 21.5. The third-order valence-corrected chi connectivity index (χ3v) is 7.50. The highest BCUT2D eigenvalue weighted by Crippen LogP contribution is 2.35. The van der Waals surface area contributed by atoms with E-state index in [0.717, 1.165) is 25.0 Å². The second kappa shape index (κ2) is 12.6. The smallest absolute Gasteiger partial charge is 0.166 e. The third-order valence-electron chi connectivity index (χ3n) is 7.50. The topological polar surface area (TPSA) is 9.23 Å². The number of hydrogen-bond acceptors (Lipinski definition) is 1. The monoisotopic (exact) mass is 494 g/mol. The van der Waals surface area contributed by atoms with Crippen LogP contribution in [0.5, 0.6) is 0 Å². The van der Waals surface area contributed by atoms with Crippen molar-refractivity contribution in [3.63, 3.8) is 0 Å². The molecule has 4 heteroatoms. The van der Waals surface area contributed by atoms with Crippen molar-refractivity contribution in [2.24, 2.45) is 5.92 Å². The number of rotatable bonds is 10. The van der Waals surface area contributed by atoms with E-state index < -0.39 is 11.6 Å². The molecule has 0 N–H and O–H groups in total. The largest absolute Gasteiger partial charge is 0.373 e. The van der Waals surface area contributed by atoms with E-state index in [1.165, 1.54) is 38.5 Å². The molecule has 1 aliphatic heterocycles. The van der Waals surface area contributed by atoms with Gasteiger partial charge in [-0.2, -0.15) is 0 Å². The van der Waals surface area contributed by atoms with Gasteiger partial charge in [-0.1, -0.05) is 94.5 Å². The molecule has 1 aliphatic rings. The molecule has 4 rings (SSSR count). The van der Waals surface area contributed by atoms with Crippen molar-refractivity contribution in [1.82, 2.24) is 0 Å². The van der Waals surface area contributed by atoms with Crippen molar-refractivity contribution >= 4 is 0 Å². The number of halogens is 3. The minimum atomic E-state index is -0.844. The van der Waals surface area contributed by atoms with E-state index in [9.17, 15) is 8.78 Å². The summed E-state index contributed by atoms with van der Waals surface area (Å²) < 4.78 is 50.0. The van der Waals surface area contributed by atoms with Crippen molar-refractivity contribution < 1.29 is 17.9 Å². The highest BCUT2D eigenvalue weighted by molar-refractivity contribution is 5.71. The van der Waals surface area contributed by atoms with Crippen LogP contribution in [0.4, 0.5) is 13.2 Å². The van der Waals surface area contributed by atoms with Crippen LogP contribution in [0.25, 0.3) is 22.3 Å². The van der Waals surface area contributed by atoms with Crippen LogP contribution in [-0.2, 0) is 11.2 Å². The van der Waals surface area contributed by atoms with E-state index in [1.54, 1.807) is 55.5 Å². The van der Waals surface area contributed by atoms with Gasteiger partial charge in [0.1, 0.15) is 5.82 Å². The number of benzene rings is 3. The van der Waals surface area contributed by atoms with Crippen molar-refractivity contribution in [1.29, 1.82) is 0 Å². The maximum Gasteiger partial charge on any atom is 0.166 e. The van der Waals surface area contributed by atoms with Crippen molar-refractivity contribution in [2.75, 3.05) is 6.61 Å². The fourth-order valence-corrected chi connectivity index (χ4v) is 5.21. The molecule has 2 atom stereocenters. The molecule has 0 aromatic heterocycles. The first-order valence-electron chi connectivity index (χ1n) is 13.5. The highest BCUT2D eigenvalue weighted by atomic mass is 19.2. The number of ether oxygens (including phenoxy) is 1. The molecule has 3 aromatic carbocycles. The van der Waals surface area contributed by atoms with Gasteiger partial charge in [-0.05, 0) is 59.9 Å². The molecule has 1 saturated heterocycles. The molecule has 0 spiro atoms. The van der Waals surface area contributed by atoms with Gasteiger partial charge >= 0.3 is 0 Å². The van der Waals surface area contributed by atoms with Crippen LogP contribution in [0.3, 0.4) is 0 Å². The Morgan fingerprint density at radius 3 is 2.08 bits per heavy atom. The lowest BCUT2D eigenvalue weighted by molar-refractivity contribution is -0.0200. The van der Waals surface area contributed by atoms with Crippen LogP contribution in [0.2, 0.25) is 0 Å². The van der Waals surface area contributed by atoms with E-state index in [0.29, 0.717) is 34.6 Å². The Kier molecular flexibility index (Phi) is 9.25. The van der Waals surface area contributed by atoms with Crippen LogP contribution in [0.15, 0.2) is 54.6 Å². The van der Waals surface area contributed by atoms with E-state index in [-0.39, 0.29) is 17.5 Å². The summed E-state index contributed by atoms with van der Waals surface area (Å²) in [7, 11) is 0. The molecule has 1 heterocycles. The van der Waals surface area contributed by atoms with Crippen LogP contribution >= 0.6 is 0 Å². The Morgan fingerprint density at radius 1 is 0.750 bits per heavy atom. The average molecular weight is 495 g/mol. The average Bonchev–Trinajstić information content (AvgIpc) is 2.91. The van der Waals surface area contributed by atoms with Gasteiger partial charge in [0.05, 0.1) is 12.7 Å². The molecule has 0 saturated carbocycles. The molecule has 1 fully saturated rings. The van der Waals surface area contributed by atoms with E-state index in [4.69, 9.17) is 4.74 Å². The fourth-order valence-electron chi connectivity index (χ4n) is 5.21. The lowest BCUT2D eigenvalue weighted by Gasteiger charge is -2.29. The maximum absolute atomic E-state index is 15.1. The third kappa shape index (κ3) is 6.21. The molecular weight excluding hydrogens is 457 g/mol. The van der Waals surface area contributed by atoms with Crippen molar-refractivity contribution in [3.05, 3.63) is 83.2 Å². The van der Waals surface area contributed by atoms with Crippen molar-refractivity contribution in [2.45, 2.75) is 77.7 Å². The molecule has 1 nitrogen and oxygen atoms in total. The molecule has 36 heavy (non-hydrogen) atoms. The highest BCUT2D eigenvalue weighted by Gasteiger charge is 2.23. The molecule has 3 aromatic rings. The predicted octanol–water partition coefficient (Wildman–Crippen LogP) is 9.83. The van der Waals surface area contributed by atoms with Crippen LogP contribution in [0.1, 0.15) is 82.4 Å². The summed E-state index contributed by atoms with van der Waals surface area (Å²) in [5.41, 5.74) is 3.18. The Balaban J connectivity index is 1.38. The van der Waals surface area contributed by atoms with Gasteiger partial charge in [0.2, 0.25) is 0 Å². The molecule has 0 bridgehead atoms. The Hall–Kier alpha value is -2.59. The van der Waals surface area contributed by atoms with Gasteiger partial charge in [0, 0.05) is 11.1 Å². The molecule has 0 amide bonds. The summed E-state index contributed by atoms with van der Waals surface area (Å²) in [6.45, 7) is 4.78. The van der Waals surface area contributed by atoms with Gasteiger partial charge in [0.15, 0.2) is 11.6 Å². The second-order valence-corrected chi connectivity index (χ2v) is 10.0. The quantitative estimate of drug-likeness (QED) is 0.255. The van der Waals surface area contributed by atoms with Crippen LogP contribution in [0, 0.1) is 23.4 Å². The van der Waals surface area contributed by atoms with Crippen LogP contribution in [-0.4, -0.2) is 6.61 Å². The van der Waals surface area contributed by atoms with Gasteiger partial charge in [-0.25, -0.2) is 13.2 Å². The van der Waals surface area contributed by atoms with Crippen molar-refractivity contribution in [3.8, 4) is 22.3 Å². The molecule has 2 unspecified atom stereocenters. The molecular formula is C32H37F3O. The number of unbranched alkanes of at least 4 members (excludes halogenated alkanes) is 4. The fraction of sp³-hybridized carbons (Fsp3) is 0.438. The second-order valence-electron chi connectivity index (χ2n) is 10.0. The molecule has 192 valence electrons. The number of hydrogen-bond donors (Lipinski definition) is 0. The van der Waals surface area contributed by atoms with Gasteiger partial charge in [-0.15, -0.1) is 0 Å². The van der Waals surface area contributed by atoms with Gasteiger partial charge in [0.25, 0.3) is 0 Å². The summed E-state index contributed by atoms with van der Waals surface area (Å²) in [4.78, 5) is 0. The summed E-state index contributed by atoms with van der Waals surface area (Å²) in [6, 6.07) is 15.4.